The summed E-state index contributed by atoms with van der Waals surface area (Å²) in [5, 5.41) is 0.516. The second-order valence-corrected chi connectivity index (χ2v) is 5.92. The molecule has 0 fully saturated rings. The van der Waals surface area contributed by atoms with Crippen molar-refractivity contribution in [1.29, 1.82) is 0 Å². The van der Waals surface area contributed by atoms with Gasteiger partial charge in [-0.1, -0.05) is 11.6 Å². The molecule has 0 saturated heterocycles. The SMILES string of the molecule is O=C1C=CC(=O)c2c1cc1cccn1c2C(=O)c1ccc(Cl)cc1. The molecule has 0 radical (unpaired) electrons. The van der Waals surface area contributed by atoms with Gasteiger partial charge in [0.2, 0.25) is 5.78 Å². The minimum absolute atomic E-state index is 0.145. The Hall–Kier alpha value is -2.98. The standard InChI is InChI=1S/C19H10ClNO3/c20-12-5-3-11(4-6-12)19(24)18-17-14(15(22)7-8-16(17)23)10-13-2-1-9-21(13)18/h1-10H. The second-order valence-electron chi connectivity index (χ2n) is 5.48. The Morgan fingerprint density at radius 3 is 2.42 bits per heavy atom. The molecule has 0 N–H and O–H groups in total. The van der Waals surface area contributed by atoms with Crippen LogP contribution in [0.2, 0.25) is 5.02 Å². The van der Waals surface area contributed by atoms with Crippen molar-refractivity contribution in [2.24, 2.45) is 0 Å². The van der Waals surface area contributed by atoms with Crippen LogP contribution in [0.15, 0.2) is 60.8 Å². The van der Waals surface area contributed by atoms with E-state index in [1.54, 1.807) is 53.1 Å². The van der Waals surface area contributed by atoms with Crippen molar-refractivity contribution in [3.63, 3.8) is 0 Å². The predicted octanol–water partition coefficient (Wildman–Crippen LogP) is 3.76. The molecule has 4 nitrogen and oxygen atoms in total. The van der Waals surface area contributed by atoms with Crippen LogP contribution in [0, 0.1) is 0 Å². The highest BCUT2D eigenvalue weighted by Gasteiger charge is 2.28. The number of hydrogen-bond acceptors (Lipinski definition) is 3. The van der Waals surface area contributed by atoms with Crippen molar-refractivity contribution in [2.45, 2.75) is 0 Å². The fourth-order valence-corrected chi connectivity index (χ4v) is 3.04. The third-order valence-electron chi connectivity index (χ3n) is 4.04. The van der Waals surface area contributed by atoms with Crippen LogP contribution in [0.5, 0.6) is 0 Å². The van der Waals surface area contributed by atoms with E-state index in [1.165, 1.54) is 12.2 Å². The molecule has 1 aliphatic rings. The summed E-state index contributed by atoms with van der Waals surface area (Å²) >= 11 is 5.87. The van der Waals surface area contributed by atoms with Crippen LogP contribution in [0.4, 0.5) is 0 Å². The second kappa shape index (κ2) is 5.28. The highest BCUT2D eigenvalue weighted by atomic mass is 35.5. The van der Waals surface area contributed by atoms with Gasteiger partial charge in [-0.3, -0.25) is 14.4 Å². The fourth-order valence-electron chi connectivity index (χ4n) is 2.91. The lowest BCUT2D eigenvalue weighted by molar-refractivity contribution is 0.0981. The third-order valence-corrected chi connectivity index (χ3v) is 4.29. The number of rotatable bonds is 2. The Bertz CT molecular complexity index is 1060. The zero-order chi connectivity index (χ0) is 16.8. The number of aromatic nitrogens is 1. The molecular weight excluding hydrogens is 326 g/mol. The molecule has 2 heterocycles. The lowest BCUT2D eigenvalue weighted by Crippen LogP contribution is -2.21. The van der Waals surface area contributed by atoms with Gasteiger partial charge in [0.1, 0.15) is 5.69 Å². The average molecular weight is 336 g/mol. The highest BCUT2D eigenvalue weighted by Crippen LogP contribution is 2.26. The maximum absolute atomic E-state index is 13.0. The zero-order valence-electron chi connectivity index (χ0n) is 12.3. The molecule has 24 heavy (non-hydrogen) atoms. The fraction of sp³-hybridized carbons (Fsp3) is 0. The van der Waals surface area contributed by atoms with Gasteiger partial charge < -0.3 is 4.40 Å². The number of benzene rings is 1. The molecular formula is C19H10ClNO3. The van der Waals surface area contributed by atoms with Crippen LogP contribution in [-0.2, 0) is 0 Å². The predicted molar refractivity (Wildman–Crippen MR) is 90.1 cm³/mol. The largest absolute Gasteiger partial charge is 0.313 e. The van der Waals surface area contributed by atoms with E-state index < -0.39 is 0 Å². The molecule has 0 bridgehead atoms. The Kier molecular flexibility index (Phi) is 3.22. The summed E-state index contributed by atoms with van der Waals surface area (Å²) < 4.78 is 1.64. The summed E-state index contributed by atoms with van der Waals surface area (Å²) in [5.74, 6) is -0.961. The summed E-state index contributed by atoms with van der Waals surface area (Å²) in [5.41, 5.74) is 1.68. The average Bonchev–Trinajstić information content (AvgIpc) is 3.05. The third kappa shape index (κ3) is 2.12. The number of fused-ring (bicyclic) bond motifs is 2. The Morgan fingerprint density at radius 2 is 1.67 bits per heavy atom. The van der Waals surface area contributed by atoms with Gasteiger partial charge in [-0.05, 0) is 54.6 Å². The summed E-state index contributed by atoms with van der Waals surface area (Å²) in [7, 11) is 0. The van der Waals surface area contributed by atoms with Crippen molar-refractivity contribution in [3.8, 4) is 0 Å². The number of nitrogens with zero attached hydrogens (tertiary/aromatic N) is 1. The Morgan fingerprint density at radius 1 is 0.958 bits per heavy atom. The summed E-state index contributed by atoms with van der Waals surface area (Å²) in [6.07, 6.45) is 4.15. The number of pyridine rings is 1. The molecule has 4 rings (SSSR count). The van der Waals surface area contributed by atoms with E-state index >= 15 is 0 Å². The molecule has 3 aromatic rings. The maximum atomic E-state index is 13.0. The molecule has 2 aromatic heterocycles. The molecule has 5 heteroatoms. The Labute approximate surface area is 142 Å². The van der Waals surface area contributed by atoms with Gasteiger partial charge in [-0.2, -0.15) is 0 Å². The van der Waals surface area contributed by atoms with Gasteiger partial charge in [-0.15, -0.1) is 0 Å². The lowest BCUT2D eigenvalue weighted by atomic mass is 9.90. The minimum atomic E-state index is -0.350. The molecule has 0 aliphatic heterocycles. The first kappa shape index (κ1) is 14.6. The van der Waals surface area contributed by atoms with Crippen LogP contribution in [0.3, 0.4) is 0 Å². The van der Waals surface area contributed by atoms with Crippen molar-refractivity contribution in [3.05, 3.63) is 88.2 Å². The highest BCUT2D eigenvalue weighted by molar-refractivity contribution is 6.31. The number of allylic oxidation sites excluding steroid dienone is 2. The minimum Gasteiger partial charge on any atom is -0.313 e. The van der Waals surface area contributed by atoms with E-state index in [0.29, 0.717) is 16.1 Å². The summed E-state index contributed by atoms with van der Waals surface area (Å²) in [4.78, 5) is 37.6. The molecule has 116 valence electrons. The number of carbonyl (C=O) groups is 3. The van der Waals surface area contributed by atoms with Gasteiger partial charge in [0.25, 0.3) is 0 Å². The number of ketones is 3. The van der Waals surface area contributed by atoms with Crippen molar-refractivity contribution in [1.82, 2.24) is 4.40 Å². The monoisotopic (exact) mass is 335 g/mol. The lowest BCUT2D eigenvalue weighted by Gasteiger charge is -2.16. The molecule has 0 amide bonds. The van der Waals surface area contributed by atoms with Gasteiger partial charge in [-0.25, -0.2) is 0 Å². The van der Waals surface area contributed by atoms with Crippen LogP contribution in [0.25, 0.3) is 5.52 Å². The number of hydrogen-bond donors (Lipinski definition) is 0. The van der Waals surface area contributed by atoms with Gasteiger partial charge >= 0.3 is 0 Å². The Balaban J connectivity index is 2.04. The molecule has 1 aliphatic carbocycles. The van der Waals surface area contributed by atoms with E-state index in [4.69, 9.17) is 11.6 Å². The summed E-state index contributed by atoms with van der Waals surface area (Å²) in [6, 6.07) is 11.6. The molecule has 1 aromatic carbocycles. The first-order valence-corrected chi connectivity index (χ1v) is 7.65. The van der Waals surface area contributed by atoms with Gasteiger partial charge in [0, 0.05) is 27.9 Å². The normalized spacial score (nSPS) is 13.4. The van der Waals surface area contributed by atoms with Crippen LogP contribution < -0.4 is 0 Å². The molecule has 0 spiro atoms. The first-order valence-electron chi connectivity index (χ1n) is 7.27. The van der Waals surface area contributed by atoms with E-state index in [-0.39, 0.29) is 34.2 Å². The van der Waals surface area contributed by atoms with Crippen molar-refractivity contribution in [2.75, 3.05) is 0 Å². The smallest absolute Gasteiger partial charge is 0.210 e. The quantitative estimate of drug-likeness (QED) is 0.670. The van der Waals surface area contributed by atoms with E-state index in [9.17, 15) is 14.4 Å². The topological polar surface area (TPSA) is 55.6 Å². The molecule has 0 saturated carbocycles. The van der Waals surface area contributed by atoms with Gasteiger partial charge in [0.05, 0.1) is 5.56 Å². The van der Waals surface area contributed by atoms with E-state index in [2.05, 4.69) is 0 Å². The van der Waals surface area contributed by atoms with Crippen molar-refractivity contribution < 1.29 is 14.4 Å². The van der Waals surface area contributed by atoms with Gasteiger partial charge in [0.15, 0.2) is 11.6 Å². The van der Waals surface area contributed by atoms with Crippen molar-refractivity contribution >= 4 is 34.5 Å². The summed E-state index contributed by atoms with van der Waals surface area (Å²) in [6.45, 7) is 0. The van der Waals surface area contributed by atoms with E-state index in [0.717, 1.165) is 0 Å². The van der Waals surface area contributed by atoms with Crippen LogP contribution in [-0.4, -0.2) is 21.8 Å². The molecule has 0 atom stereocenters. The van der Waals surface area contributed by atoms with E-state index in [1.807, 2.05) is 0 Å². The molecule has 0 unspecified atom stereocenters. The number of carbonyl (C=O) groups excluding carboxylic acids is 3. The van der Waals surface area contributed by atoms with Crippen LogP contribution in [0.1, 0.15) is 36.8 Å². The van der Waals surface area contributed by atoms with Crippen LogP contribution >= 0.6 is 11.6 Å². The first-order chi connectivity index (χ1) is 11.6. The number of halogens is 1. The maximum Gasteiger partial charge on any atom is 0.210 e. The zero-order valence-corrected chi connectivity index (χ0v) is 13.1.